The fourth-order valence-corrected chi connectivity index (χ4v) is 2.78. The lowest BCUT2D eigenvalue weighted by atomic mass is 10.2. The van der Waals surface area contributed by atoms with Gasteiger partial charge in [-0.05, 0) is 37.6 Å². The van der Waals surface area contributed by atoms with Crippen LogP contribution in [0.5, 0.6) is 0 Å². The fraction of sp³-hybridized carbons (Fsp3) is 0.467. The molecule has 7 nitrogen and oxygen atoms in total. The van der Waals surface area contributed by atoms with Gasteiger partial charge in [-0.15, -0.1) is 0 Å². The van der Waals surface area contributed by atoms with E-state index in [9.17, 15) is 18.0 Å². The van der Waals surface area contributed by atoms with Crippen molar-refractivity contribution in [1.82, 2.24) is 10.0 Å². The van der Waals surface area contributed by atoms with Gasteiger partial charge >= 0.3 is 5.97 Å². The van der Waals surface area contributed by atoms with Crippen molar-refractivity contribution >= 4 is 33.5 Å². The van der Waals surface area contributed by atoms with E-state index < -0.39 is 16.0 Å². The molecule has 2 N–H and O–H groups in total. The highest BCUT2D eigenvalue weighted by molar-refractivity contribution is 7.89. The van der Waals surface area contributed by atoms with Crippen LogP contribution in [0.15, 0.2) is 29.2 Å². The van der Waals surface area contributed by atoms with Crippen LogP contribution < -0.4 is 10.0 Å². The van der Waals surface area contributed by atoms with Crippen molar-refractivity contribution in [3.63, 3.8) is 0 Å². The maximum absolute atomic E-state index is 12.0. The number of esters is 1. The zero-order chi connectivity index (χ0) is 18.2. The van der Waals surface area contributed by atoms with Crippen LogP contribution in [0, 0.1) is 0 Å². The van der Waals surface area contributed by atoms with Gasteiger partial charge in [0.05, 0.1) is 11.3 Å². The summed E-state index contributed by atoms with van der Waals surface area (Å²) in [7, 11) is -3.72. The van der Waals surface area contributed by atoms with E-state index in [1.165, 1.54) is 24.3 Å². The second kappa shape index (κ2) is 9.61. The summed E-state index contributed by atoms with van der Waals surface area (Å²) in [6.45, 7) is 3.25. The number of ether oxygens (including phenoxy) is 1. The normalized spacial score (nSPS) is 12.5. The van der Waals surface area contributed by atoms with E-state index in [1.807, 2.05) is 13.8 Å². The molecule has 134 valence electrons. The minimum Gasteiger partial charge on any atom is -0.456 e. The van der Waals surface area contributed by atoms with E-state index in [4.69, 9.17) is 16.3 Å². The molecule has 0 heterocycles. The van der Waals surface area contributed by atoms with Crippen LogP contribution in [0.3, 0.4) is 0 Å². The van der Waals surface area contributed by atoms with Crippen LogP contribution in [-0.2, 0) is 24.3 Å². The lowest BCUT2D eigenvalue weighted by molar-refractivity contribution is -0.148. The maximum Gasteiger partial charge on any atom is 0.307 e. The molecule has 0 aliphatic heterocycles. The zero-order valence-electron chi connectivity index (χ0n) is 13.5. The molecular weight excluding hydrogens is 356 g/mol. The number of nitrogens with one attached hydrogen (secondary N) is 2. The Kier molecular flexibility index (Phi) is 8.17. The largest absolute Gasteiger partial charge is 0.456 e. The first-order chi connectivity index (χ1) is 11.2. The summed E-state index contributed by atoms with van der Waals surface area (Å²) in [5.41, 5.74) is 0. The van der Waals surface area contributed by atoms with E-state index in [2.05, 4.69) is 10.0 Å². The third-order valence-electron chi connectivity index (χ3n) is 3.13. The monoisotopic (exact) mass is 376 g/mol. The lowest BCUT2D eigenvalue weighted by Crippen LogP contribution is -2.35. The Bertz CT molecular complexity index is 661. The minimum absolute atomic E-state index is 0.00221. The SMILES string of the molecule is CC[C@@H](C)NC(=O)COC(=O)CCNS(=O)(=O)c1ccc(Cl)cc1. The van der Waals surface area contributed by atoms with Crippen molar-refractivity contribution in [2.24, 2.45) is 0 Å². The van der Waals surface area contributed by atoms with E-state index in [0.717, 1.165) is 6.42 Å². The first kappa shape index (κ1) is 20.4. The van der Waals surface area contributed by atoms with Gasteiger partial charge in [0.1, 0.15) is 0 Å². The molecule has 1 aromatic carbocycles. The Labute approximate surface area is 146 Å². The predicted molar refractivity (Wildman–Crippen MR) is 90.1 cm³/mol. The average molecular weight is 377 g/mol. The summed E-state index contributed by atoms with van der Waals surface area (Å²) in [6, 6.07) is 5.65. The third kappa shape index (κ3) is 7.29. The van der Waals surface area contributed by atoms with Crippen LogP contribution in [0.25, 0.3) is 0 Å². The second-order valence-electron chi connectivity index (χ2n) is 5.14. The van der Waals surface area contributed by atoms with Gasteiger partial charge in [0.2, 0.25) is 10.0 Å². The number of hydrogen-bond donors (Lipinski definition) is 2. The van der Waals surface area contributed by atoms with Crippen LogP contribution >= 0.6 is 11.6 Å². The van der Waals surface area contributed by atoms with E-state index in [-0.39, 0.29) is 36.4 Å². The topological polar surface area (TPSA) is 102 Å². The van der Waals surface area contributed by atoms with Crippen LogP contribution in [0.2, 0.25) is 5.02 Å². The number of rotatable bonds is 9. The molecule has 1 amide bonds. The Hall–Kier alpha value is -1.64. The van der Waals surface area contributed by atoms with Gasteiger partial charge < -0.3 is 10.1 Å². The molecule has 0 aliphatic carbocycles. The first-order valence-electron chi connectivity index (χ1n) is 7.45. The van der Waals surface area contributed by atoms with E-state index >= 15 is 0 Å². The molecule has 0 unspecified atom stereocenters. The third-order valence-corrected chi connectivity index (χ3v) is 4.86. The molecule has 0 saturated heterocycles. The Balaban J connectivity index is 2.34. The molecule has 1 rings (SSSR count). The molecule has 0 aromatic heterocycles. The number of carbonyl (C=O) groups excluding carboxylic acids is 2. The van der Waals surface area contributed by atoms with Crippen molar-refractivity contribution < 1.29 is 22.7 Å². The molecule has 9 heteroatoms. The molecule has 0 aliphatic rings. The summed E-state index contributed by atoms with van der Waals surface area (Å²) in [5, 5.41) is 3.08. The second-order valence-corrected chi connectivity index (χ2v) is 7.34. The smallest absolute Gasteiger partial charge is 0.307 e. The summed E-state index contributed by atoms with van der Waals surface area (Å²) in [6.07, 6.45) is 0.593. The number of hydrogen-bond acceptors (Lipinski definition) is 5. The number of sulfonamides is 1. The average Bonchev–Trinajstić information content (AvgIpc) is 2.53. The van der Waals surface area contributed by atoms with E-state index in [1.54, 1.807) is 0 Å². The van der Waals surface area contributed by atoms with Gasteiger partial charge in [-0.2, -0.15) is 0 Å². The first-order valence-corrected chi connectivity index (χ1v) is 9.31. The number of amides is 1. The summed E-state index contributed by atoms with van der Waals surface area (Å²) < 4.78 is 31.0. The lowest BCUT2D eigenvalue weighted by Gasteiger charge is -2.11. The molecular formula is C15H21ClN2O5S. The van der Waals surface area contributed by atoms with Crippen molar-refractivity contribution in [2.75, 3.05) is 13.2 Å². The predicted octanol–water partition coefficient (Wildman–Crippen LogP) is 1.47. The Morgan fingerprint density at radius 1 is 1.25 bits per heavy atom. The van der Waals surface area contributed by atoms with Crippen LogP contribution in [-0.4, -0.2) is 39.5 Å². The standard InChI is InChI=1S/C15H21ClN2O5S/c1-3-11(2)18-14(19)10-23-15(20)8-9-17-24(21,22)13-6-4-12(16)5-7-13/h4-7,11,17H,3,8-10H2,1-2H3,(H,18,19)/t11-/m1/s1. The molecule has 0 saturated carbocycles. The van der Waals surface area contributed by atoms with Gasteiger partial charge in [-0.1, -0.05) is 18.5 Å². The number of halogens is 1. The molecule has 1 atom stereocenters. The Morgan fingerprint density at radius 2 is 1.88 bits per heavy atom. The van der Waals surface area contributed by atoms with Crippen molar-refractivity contribution in [2.45, 2.75) is 37.6 Å². The minimum atomic E-state index is -3.72. The van der Waals surface area contributed by atoms with Crippen molar-refractivity contribution in [3.8, 4) is 0 Å². The molecule has 0 bridgehead atoms. The highest BCUT2D eigenvalue weighted by Crippen LogP contribution is 2.13. The molecule has 0 fully saturated rings. The number of benzene rings is 1. The quantitative estimate of drug-likeness (QED) is 0.635. The van der Waals surface area contributed by atoms with Crippen LogP contribution in [0.1, 0.15) is 26.7 Å². The van der Waals surface area contributed by atoms with E-state index in [0.29, 0.717) is 5.02 Å². The molecule has 24 heavy (non-hydrogen) atoms. The maximum atomic E-state index is 12.0. The number of carbonyl (C=O) groups is 2. The summed E-state index contributed by atoms with van der Waals surface area (Å²) in [5.74, 6) is -1.05. The highest BCUT2D eigenvalue weighted by Gasteiger charge is 2.15. The van der Waals surface area contributed by atoms with Gasteiger partial charge in [0.25, 0.3) is 5.91 Å². The van der Waals surface area contributed by atoms with Gasteiger partial charge in [0.15, 0.2) is 6.61 Å². The fourth-order valence-electron chi connectivity index (χ4n) is 1.62. The highest BCUT2D eigenvalue weighted by atomic mass is 35.5. The zero-order valence-corrected chi connectivity index (χ0v) is 15.1. The van der Waals surface area contributed by atoms with Crippen molar-refractivity contribution in [1.29, 1.82) is 0 Å². The van der Waals surface area contributed by atoms with Crippen LogP contribution in [0.4, 0.5) is 0 Å². The van der Waals surface area contributed by atoms with Crippen molar-refractivity contribution in [3.05, 3.63) is 29.3 Å². The Morgan fingerprint density at radius 3 is 2.46 bits per heavy atom. The molecule has 0 spiro atoms. The van der Waals surface area contributed by atoms with Gasteiger partial charge in [-0.25, -0.2) is 13.1 Å². The summed E-state index contributed by atoms with van der Waals surface area (Å²) >= 11 is 5.70. The molecule has 1 aromatic rings. The summed E-state index contributed by atoms with van der Waals surface area (Å²) in [4.78, 5) is 23.0. The molecule has 0 radical (unpaired) electrons. The van der Waals surface area contributed by atoms with Gasteiger partial charge in [0, 0.05) is 17.6 Å². The van der Waals surface area contributed by atoms with Gasteiger partial charge in [-0.3, -0.25) is 9.59 Å².